The molecule has 2 aromatic heterocycles. The maximum Gasteiger partial charge on any atom is 0.0541 e. The van der Waals surface area contributed by atoms with Crippen molar-refractivity contribution >= 4 is 164 Å². The molecule has 0 amide bonds. The lowest BCUT2D eigenvalue weighted by Crippen LogP contribution is -2.09. The van der Waals surface area contributed by atoms with Crippen LogP contribution in [0.25, 0.3) is 197 Å². The third-order valence-electron chi connectivity index (χ3n) is 25.9. The third-order valence-corrected chi connectivity index (χ3v) is 25.9. The minimum absolute atomic E-state index is 1.09. The molecule has 25 aromatic rings. The number of anilines is 6. The molecule has 0 spiro atoms. The van der Waals surface area contributed by atoms with Gasteiger partial charge in [0.15, 0.2) is 0 Å². The molecule has 0 fully saturated rings. The van der Waals surface area contributed by atoms with E-state index in [2.05, 4.69) is 504 Å². The Morgan fingerprint density at radius 2 is 0.333 bits per heavy atom. The molecular formula is C122H80N4. The van der Waals surface area contributed by atoms with E-state index >= 15 is 0 Å². The van der Waals surface area contributed by atoms with Crippen molar-refractivity contribution in [3.63, 3.8) is 0 Å². The van der Waals surface area contributed by atoms with Crippen molar-refractivity contribution in [1.29, 1.82) is 0 Å². The minimum Gasteiger partial charge on any atom is -0.311 e. The first-order valence-electron chi connectivity index (χ1n) is 43.4. The Labute approximate surface area is 730 Å². The van der Waals surface area contributed by atoms with Crippen LogP contribution in [0.15, 0.2) is 485 Å². The van der Waals surface area contributed by atoms with Crippen molar-refractivity contribution in [3.05, 3.63) is 485 Å². The number of fused-ring (bicyclic) bond motifs is 20. The lowest BCUT2D eigenvalue weighted by Gasteiger charge is -2.26. The molecule has 0 radical (unpaired) electrons. The van der Waals surface area contributed by atoms with E-state index in [1.165, 1.54) is 197 Å². The second-order valence-electron chi connectivity index (χ2n) is 33.0. The number of aromatic nitrogens is 2. The second-order valence-corrected chi connectivity index (χ2v) is 33.0. The average Bonchev–Trinajstić information content (AvgIpc) is 1.63. The smallest absolute Gasteiger partial charge is 0.0541 e. The Hall–Kier alpha value is -16.7. The quantitative estimate of drug-likeness (QED) is 0.107. The number of rotatable bonds is 13. The van der Waals surface area contributed by atoms with Crippen molar-refractivity contribution in [3.8, 4) is 67.0 Å². The predicted octanol–water partition coefficient (Wildman–Crippen LogP) is 34.1. The Balaban J connectivity index is 0.000000142. The Morgan fingerprint density at radius 3 is 0.675 bits per heavy atom. The first kappa shape index (κ1) is 73.3. The number of hydrogen-bond acceptors (Lipinski definition) is 2. The van der Waals surface area contributed by atoms with Gasteiger partial charge in [0.05, 0.1) is 33.4 Å². The monoisotopic (exact) mass is 1600 g/mol. The van der Waals surface area contributed by atoms with Gasteiger partial charge in [-0.1, -0.05) is 352 Å². The van der Waals surface area contributed by atoms with Crippen molar-refractivity contribution < 1.29 is 0 Å². The van der Waals surface area contributed by atoms with E-state index in [0.717, 1.165) is 34.1 Å². The molecule has 0 aliphatic carbocycles. The van der Waals surface area contributed by atoms with Crippen molar-refractivity contribution in [2.24, 2.45) is 0 Å². The third kappa shape index (κ3) is 12.7. The van der Waals surface area contributed by atoms with E-state index in [9.17, 15) is 0 Å². The van der Waals surface area contributed by atoms with Crippen LogP contribution in [0, 0.1) is 0 Å². The fraction of sp³-hybridized carbons (Fsp3) is 0. The zero-order valence-electron chi connectivity index (χ0n) is 69.0. The predicted molar refractivity (Wildman–Crippen MR) is 538 cm³/mol. The molecule has 0 aliphatic heterocycles. The highest BCUT2D eigenvalue weighted by Gasteiger charge is 2.22. The maximum absolute atomic E-state index is 2.43. The van der Waals surface area contributed by atoms with Crippen LogP contribution in [0.3, 0.4) is 0 Å². The van der Waals surface area contributed by atoms with Crippen LogP contribution in [0.1, 0.15) is 0 Å². The minimum atomic E-state index is 1.09. The van der Waals surface area contributed by atoms with Crippen molar-refractivity contribution in [2.45, 2.75) is 0 Å². The first-order chi connectivity index (χ1) is 62.5. The summed E-state index contributed by atoms with van der Waals surface area (Å²) in [7, 11) is 0. The van der Waals surface area contributed by atoms with E-state index in [-0.39, 0.29) is 0 Å². The average molecular weight is 1600 g/mol. The molecule has 0 N–H and O–H groups in total. The lowest BCUT2D eigenvalue weighted by atomic mass is 9.92. The van der Waals surface area contributed by atoms with Gasteiger partial charge in [-0.05, 0) is 265 Å². The molecule has 0 saturated carbocycles. The van der Waals surface area contributed by atoms with Gasteiger partial charge in [-0.2, -0.15) is 0 Å². The zero-order valence-corrected chi connectivity index (χ0v) is 69.0. The fourth-order valence-corrected chi connectivity index (χ4v) is 19.9. The molecule has 0 unspecified atom stereocenters. The Morgan fingerprint density at radius 1 is 0.119 bits per heavy atom. The first-order valence-corrected chi connectivity index (χ1v) is 43.4. The van der Waals surface area contributed by atoms with Crippen molar-refractivity contribution in [1.82, 2.24) is 9.13 Å². The van der Waals surface area contributed by atoms with Crippen LogP contribution < -0.4 is 9.80 Å². The van der Waals surface area contributed by atoms with Gasteiger partial charge in [0.25, 0.3) is 0 Å². The van der Waals surface area contributed by atoms with Crippen LogP contribution >= 0.6 is 0 Å². The van der Waals surface area contributed by atoms with E-state index in [4.69, 9.17) is 0 Å². The fourth-order valence-electron chi connectivity index (χ4n) is 19.9. The summed E-state index contributed by atoms with van der Waals surface area (Å²) in [5.41, 5.74) is 25.8. The normalized spacial score (nSPS) is 11.7. The molecular weight excluding hydrogens is 1520 g/mol. The van der Waals surface area contributed by atoms with E-state index in [1.54, 1.807) is 0 Å². The SMILES string of the molecule is c1ccc(-c2ccc(N(c3ccc(-c4ccc5c6ccccc6c6ccccc6c5c4)cc3)c3ccc(-c4ccc5c(c4)c4ccccc4n5-c4cccc5ccccc45)cc3)cc2)cc1.c1ccc(N(c2ccc(-c3ccc4c5ccccc5c5ccccc5c4c3)cc2)c2ccc(-c3ccc4c(c3)c3ccccc3n4-c3cccc4ccccc34)cc2)cc1. The summed E-state index contributed by atoms with van der Waals surface area (Å²) in [5.74, 6) is 0. The van der Waals surface area contributed by atoms with E-state index < -0.39 is 0 Å². The Bertz CT molecular complexity index is 8460. The number of nitrogens with zero attached hydrogens (tertiary/aromatic N) is 4. The molecule has 23 aromatic carbocycles. The van der Waals surface area contributed by atoms with Crippen LogP contribution in [-0.4, -0.2) is 9.13 Å². The largest absolute Gasteiger partial charge is 0.311 e. The summed E-state index contributed by atoms with van der Waals surface area (Å²) in [4.78, 5) is 4.71. The van der Waals surface area contributed by atoms with Gasteiger partial charge >= 0.3 is 0 Å². The van der Waals surface area contributed by atoms with Crippen LogP contribution in [0.5, 0.6) is 0 Å². The molecule has 0 bridgehead atoms. The summed E-state index contributed by atoms with van der Waals surface area (Å²) >= 11 is 0. The highest BCUT2D eigenvalue weighted by atomic mass is 15.1. The standard InChI is InChI=1S/C64H42N2.C58H38N2/c1-2-13-43(14-3-1)44-25-33-50(34-26-44)65(51-35-27-45(28-36-51)48-31-39-58-56-20-7-6-18-54(56)55-19-8-9-21-57(55)60(58)41-48)52-37-29-46(30-38-52)49-32-40-64-61(42-49)59-22-10-11-23-63(59)66(64)62-24-12-16-47-15-4-5-17-53(47)62;1-2-15-44(16-3-1)59(45-31-25-39(26-32-45)42-29-35-52-50-20-7-6-18-48(50)49-19-8-9-21-51(49)54(52)37-42)46-33-27-40(28-34-46)43-30-36-58-55(38-43)53-22-10-11-23-57(53)60(58)56-24-12-14-41-13-4-5-17-47(41)56/h1-42H;1-38H. The molecule has 25 rings (SSSR count). The molecule has 126 heavy (non-hydrogen) atoms. The van der Waals surface area contributed by atoms with E-state index in [0.29, 0.717) is 0 Å². The second kappa shape index (κ2) is 30.8. The Kier molecular flexibility index (Phi) is 17.9. The molecule has 588 valence electrons. The van der Waals surface area contributed by atoms with Gasteiger partial charge in [0.1, 0.15) is 0 Å². The molecule has 4 heteroatoms. The van der Waals surface area contributed by atoms with Crippen LogP contribution in [0.2, 0.25) is 0 Å². The van der Waals surface area contributed by atoms with Gasteiger partial charge in [-0.25, -0.2) is 0 Å². The summed E-state index contributed by atoms with van der Waals surface area (Å²) in [6, 6.07) is 177. The highest BCUT2D eigenvalue weighted by Crippen LogP contribution is 2.46. The van der Waals surface area contributed by atoms with Crippen LogP contribution in [0.4, 0.5) is 34.1 Å². The summed E-state index contributed by atoms with van der Waals surface area (Å²) < 4.78 is 4.85. The molecule has 0 saturated heterocycles. The van der Waals surface area contributed by atoms with Gasteiger partial charge in [-0.3, -0.25) is 0 Å². The molecule has 4 nitrogen and oxygen atoms in total. The topological polar surface area (TPSA) is 16.3 Å². The maximum atomic E-state index is 2.43. The summed E-state index contributed by atoms with van der Waals surface area (Å²) in [6.07, 6.45) is 0. The molecule has 2 heterocycles. The van der Waals surface area contributed by atoms with Gasteiger partial charge < -0.3 is 18.9 Å². The van der Waals surface area contributed by atoms with Crippen molar-refractivity contribution in [2.75, 3.05) is 9.80 Å². The van der Waals surface area contributed by atoms with Gasteiger partial charge in [-0.15, -0.1) is 0 Å². The van der Waals surface area contributed by atoms with E-state index in [1.807, 2.05) is 0 Å². The van der Waals surface area contributed by atoms with Crippen LogP contribution in [-0.2, 0) is 0 Å². The van der Waals surface area contributed by atoms with Gasteiger partial charge in [0, 0.05) is 66.4 Å². The van der Waals surface area contributed by atoms with Gasteiger partial charge in [0.2, 0.25) is 0 Å². The highest BCUT2D eigenvalue weighted by molar-refractivity contribution is 6.27. The number of benzene rings is 23. The molecule has 0 aliphatic rings. The number of para-hydroxylation sites is 3. The zero-order chi connectivity index (χ0) is 83.1. The summed E-state index contributed by atoms with van der Waals surface area (Å²) in [6.45, 7) is 0. The molecule has 0 atom stereocenters. The number of hydrogen-bond donors (Lipinski definition) is 0. The summed E-state index contributed by atoms with van der Waals surface area (Å²) in [5, 5.41) is 25.4. The lowest BCUT2D eigenvalue weighted by molar-refractivity contribution is 1.20.